The van der Waals surface area contributed by atoms with Crippen LogP contribution in [0.3, 0.4) is 0 Å². The summed E-state index contributed by atoms with van der Waals surface area (Å²) in [6.45, 7) is 2.20. The van der Waals surface area contributed by atoms with E-state index in [0.717, 1.165) is 0 Å². The predicted octanol–water partition coefficient (Wildman–Crippen LogP) is 1.77. The molecule has 0 saturated carbocycles. The SMILES string of the molecule is COCCCn1c(NC(=O)c2cccc(N)c2)nc2cc(C(=O)N3CC(OC)C3)cnc21. The molecule has 1 saturated heterocycles. The van der Waals surface area contributed by atoms with Gasteiger partial charge in [0.2, 0.25) is 5.95 Å². The quantitative estimate of drug-likeness (QED) is 0.406. The molecule has 4 rings (SSSR count). The number of methoxy groups -OCH3 is 2. The third kappa shape index (κ3) is 4.41. The summed E-state index contributed by atoms with van der Waals surface area (Å²) in [6.07, 6.45) is 2.32. The van der Waals surface area contributed by atoms with Crippen molar-refractivity contribution in [3.05, 3.63) is 47.7 Å². The van der Waals surface area contributed by atoms with Crippen molar-refractivity contribution in [1.82, 2.24) is 19.4 Å². The van der Waals surface area contributed by atoms with Gasteiger partial charge in [0.1, 0.15) is 5.52 Å². The van der Waals surface area contributed by atoms with E-state index in [1.165, 1.54) is 0 Å². The van der Waals surface area contributed by atoms with Crippen LogP contribution < -0.4 is 11.1 Å². The second kappa shape index (κ2) is 9.33. The summed E-state index contributed by atoms with van der Waals surface area (Å²) in [4.78, 5) is 36.2. The molecule has 32 heavy (non-hydrogen) atoms. The number of aryl methyl sites for hydroxylation is 1. The summed E-state index contributed by atoms with van der Waals surface area (Å²) in [5, 5.41) is 2.84. The van der Waals surface area contributed by atoms with Crippen LogP contribution in [-0.4, -0.2) is 71.3 Å². The van der Waals surface area contributed by atoms with Gasteiger partial charge in [-0.2, -0.15) is 0 Å². The third-order valence-electron chi connectivity index (χ3n) is 5.40. The van der Waals surface area contributed by atoms with Crippen LogP contribution in [0.5, 0.6) is 0 Å². The summed E-state index contributed by atoms with van der Waals surface area (Å²) >= 11 is 0. The molecule has 0 spiro atoms. The Morgan fingerprint density at radius 2 is 2.03 bits per heavy atom. The fraction of sp³-hybridized carbons (Fsp3) is 0.364. The van der Waals surface area contributed by atoms with Crippen molar-refractivity contribution in [1.29, 1.82) is 0 Å². The molecule has 1 aromatic carbocycles. The Kier molecular flexibility index (Phi) is 6.33. The second-order valence-corrected chi connectivity index (χ2v) is 7.65. The fourth-order valence-corrected chi connectivity index (χ4v) is 3.59. The van der Waals surface area contributed by atoms with Crippen molar-refractivity contribution >= 4 is 34.6 Å². The maximum Gasteiger partial charge on any atom is 0.258 e. The van der Waals surface area contributed by atoms with Gasteiger partial charge in [0, 0.05) is 57.9 Å². The van der Waals surface area contributed by atoms with Crippen molar-refractivity contribution in [3.63, 3.8) is 0 Å². The van der Waals surface area contributed by atoms with Gasteiger partial charge in [-0.3, -0.25) is 19.5 Å². The number of anilines is 2. The predicted molar refractivity (Wildman–Crippen MR) is 120 cm³/mol. The maximum atomic E-state index is 12.8. The number of ether oxygens (including phenoxy) is 2. The van der Waals surface area contributed by atoms with Gasteiger partial charge in [0.25, 0.3) is 11.8 Å². The monoisotopic (exact) mass is 438 g/mol. The fourth-order valence-electron chi connectivity index (χ4n) is 3.59. The molecule has 0 bridgehead atoms. The molecule has 0 radical (unpaired) electrons. The molecule has 3 heterocycles. The summed E-state index contributed by atoms with van der Waals surface area (Å²) in [5.41, 5.74) is 8.28. The van der Waals surface area contributed by atoms with E-state index in [-0.39, 0.29) is 17.9 Å². The molecular formula is C22H26N6O4. The third-order valence-corrected chi connectivity index (χ3v) is 5.40. The van der Waals surface area contributed by atoms with Crippen molar-refractivity contribution in [2.24, 2.45) is 0 Å². The smallest absolute Gasteiger partial charge is 0.258 e. The van der Waals surface area contributed by atoms with E-state index < -0.39 is 0 Å². The van der Waals surface area contributed by atoms with E-state index in [2.05, 4.69) is 15.3 Å². The molecule has 2 amide bonds. The van der Waals surface area contributed by atoms with Crippen LogP contribution in [0.2, 0.25) is 0 Å². The van der Waals surface area contributed by atoms with Gasteiger partial charge in [-0.25, -0.2) is 9.97 Å². The van der Waals surface area contributed by atoms with Crippen molar-refractivity contribution in [2.45, 2.75) is 19.1 Å². The summed E-state index contributed by atoms with van der Waals surface area (Å²) in [7, 11) is 3.27. The Bertz CT molecular complexity index is 1140. The van der Waals surface area contributed by atoms with E-state index in [9.17, 15) is 9.59 Å². The Labute approximate surface area is 185 Å². The van der Waals surface area contributed by atoms with Crippen molar-refractivity contribution in [3.8, 4) is 0 Å². The summed E-state index contributed by atoms with van der Waals surface area (Å²) in [5.74, 6) is -0.0981. The van der Waals surface area contributed by atoms with Crippen LogP contribution >= 0.6 is 0 Å². The Morgan fingerprint density at radius 3 is 2.75 bits per heavy atom. The topological polar surface area (TPSA) is 125 Å². The molecule has 168 valence electrons. The highest BCUT2D eigenvalue weighted by Crippen LogP contribution is 2.22. The lowest BCUT2D eigenvalue weighted by atomic mass is 10.1. The molecule has 10 nitrogen and oxygen atoms in total. The number of carbonyl (C=O) groups excluding carboxylic acids is 2. The molecule has 10 heteroatoms. The number of imidazole rings is 1. The summed E-state index contributed by atoms with van der Waals surface area (Å²) < 4.78 is 12.2. The number of fused-ring (bicyclic) bond motifs is 1. The zero-order valence-electron chi connectivity index (χ0n) is 18.1. The van der Waals surface area contributed by atoms with E-state index in [4.69, 9.17) is 15.2 Å². The lowest BCUT2D eigenvalue weighted by Gasteiger charge is -2.38. The van der Waals surface area contributed by atoms with Gasteiger partial charge in [-0.1, -0.05) is 6.07 Å². The van der Waals surface area contributed by atoms with Gasteiger partial charge >= 0.3 is 0 Å². The molecule has 1 aliphatic rings. The first-order valence-electron chi connectivity index (χ1n) is 10.3. The molecule has 0 aliphatic carbocycles. The van der Waals surface area contributed by atoms with Crippen LogP contribution in [-0.2, 0) is 16.0 Å². The second-order valence-electron chi connectivity index (χ2n) is 7.65. The number of hydrogen-bond donors (Lipinski definition) is 2. The van der Waals surface area contributed by atoms with Gasteiger partial charge < -0.3 is 20.1 Å². The highest BCUT2D eigenvalue weighted by atomic mass is 16.5. The van der Waals surface area contributed by atoms with Crippen LogP contribution in [0.25, 0.3) is 11.2 Å². The van der Waals surface area contributed by atoms with Crippen LogP contribution in [0.1, 0.15) is 27.1 Å². The lowest BCUT2D eigenvalue weighted by Crippen LogP contribution is -2.54. The molecule has 0 unspecified atom stereocenters. The minimum Gasteiger partial charge on any atom is -0.399 e. The highest BCUT2D eigenvalue weighted by Gasteiger charge is 2.31. The number of rotatable bonds is 8. The van der Waals surface area contributed by atoms with Gasteiger partial charge in [-0.15, -0.1) is 0 Å². The number of amides is 2. The Morgan fingerprint density at radius 1 is 1.22 bits per heavy atom. The van der Waals surface area contributed by atoms with Crippen molar-refractivity contribution < 1.29 is 19.1 Å². The van der Waals surface area contributed by atoms with Gasteiger partial charge in [0.05, 0.1) is 11.7 Å². The average Bonchev–Trinajstić information content (AvgIpc) is 3.09. The van der Waals surface area contributed by atoms with Gasteiger partial charge in [0.15, 0.2) is 5.65 Å². The molecule has 3 N–H and O–H groups in total. The number of likely N-dealkylation sites (tertiary alicyclic amines) is 1. The molecular weight excluding hydrogens is 412 g/mol. The van der Waals surface area contributed by atoms with Crippen LogP contribution in [0.4, 0.5) is 11.6 Å². The average molecular weight is 438 g/mol. The first kappa shape index (κ1) is 21.7. The zero-order valence-corrected chi connectivity index (χ0v) is 18.1. The first-order valence-corrected chi connectivity index (χ1v) is 10.3. The van der Waals surface area contributed by atoms with Crippen LogP contribution in [0, 0.1) is 0 Å². The van der Waals surface area contributed by atoms with Crippen molar-refractivity contribution in [2.75, 3.05) is 45.0 Å². The number of aromatic nitrogens is 3. The number of pyridine rings is 1. The molecule has 3 aromatic rings. The molecule has 2 aromatic heterocycles. The zero-order chi connectivity index (χ0) is 22.7. The normalized spacial score (nSPS) is 13.9. The number of nitrogens with zero attached hydrogens (tertiary/aromatic N) is 4. The lowest BCUT2D eigenvalue weighted by molar-refractivity contribution is -0.0192. The first-order chi connectivity index (χ1) is 15.5. The molecule has 1 fully saturated rings. The molecule has 0 atom stereocenters. The van der Waals surface area contributed by atoms with E-state index in [0.29, 0.717) is 66.6 Å². The van der Waals surface area contributed by atoms with Gasteiger partial charge in [-0.05, 0) is 30.7 Å². The molecule has 1 aliphatic heterocycles. The number of benzene rings is 1. The van der Waals surface area contributed by atoms with E-state index in [1.54, 1.807) is 55.6 Å². The highest BCUT2D eigenvalue weighted by molar-refractivity contribution is 6.04. The number of nitrogens with one attached hydrogen (secondary N) is 1. The number of nitrogens with two attached hydrogens (primary N) is 1. The Hall–Kier alpha value is -3.50. The number of hydrogen-bond acceptors (Lipinski definition) is 7. The largest absolute Gasteiger partial charge is 0.399 e. The van der Waals surface area contributed by atoms with Crippen LogP contribution in [0.15, 0.2) is 36.5 Å². The number of nitrogen functional groups attached to an aromatic ring is 1. The minimum atomic E-state index is -0.330. The number of carbonyl (C=O) groups is 2. The Balaban J connectivity index is 1.62. The summed E-state index contributed by atoms with van der Waals surface area (Å²) in [6, 6.07) is 8.41. The maximum absolute atomic E-state index is 12.8. The van der Waals surface area contributed by atoms with E-state index in [1.807, 2.05) is 4.57 Å². The standard InChI is InChI=1S/C22H26N6O4/c1-31-8-4-7-28-19-18(10-15(11-24-19)21(30)27-12-17(13-27)32-2)25-22(28)26-20(29)14-5-3-6-16(23)9-14/h3,5-6,9-11,17H,4,7-8,12-13,23H2,1-2H3,(H,25,26,29). The minimum absolute atomic E-state index is 0.0736. The van der Waals surface area contributed by atoms with E-state index >= 15 is 0 Å².